The Morgan fingerprint density at radius 3 is 2.58 bits per heavy atom. The Labute approximate surface area is 144 Å². The minimum atomic E-state index is -0.0407. The molecule has 0 saturated carbocycles. The molecule has 3 rings (SSSR count). The van der Waals surface area contributed by atoms with Crippen LogP contribution in [0.1, 0.15) is 33.1 Å². The summed E-state index contributed by atoms with van der Waals surface area (Å²) in [5.41, 5.74) is 2.20. The van der Waals surface area contributed by atoms with Gasteiger partial charge in [0, 0.05) is 56.8 Å². The van der Waals surface area contributed by atoms with E-state index in [-0.39, 0.29) is 17.7 Å². The van der Waals surface area contributed by atoms with E-state index in [0.29, 0.717) is 19.5 Å². The summed E-state index contributed by atoms with van der Waals surface area (Å²) in [4.78, 5) is 27.6. The average molecular weight is 329 g/mol. The lowest BCUT2D eigenvalue weighted by Crippen LogP contribution is -2.34. The zero-order chi connectivity index (χ0) is 17.1. The second kappa shape index (κ2) is 7.24. The van der Waals surface area contributed by atoms with Gasteiger partial charge in [0.05, 0.1) is 0 Å². The van der Waals surface area contributed by atoms with Crippen LogP contribution in [0.25, 0.3) is 0 Å². The lowest BCUT2D eigenvalue weighted by Gasteiger charge is -2.33. The first-order chi connectivity index (χ1) is 11.5. The fourth-order valence-corrected chi connectivity index (χ4v) is 3.72. The first-order valence-electron chi connectivity index (χ1n) is 8.92. The van der Waals surface area contributed by atoms with Gasteiger partial charge in [-0.15, -0.1) is 0 Å². The van der Waals surface area contributed by atoms with Crippen molar-refractivity contribution in [1.29, 1.82) is 0 Å². The maximum absolute atomic E-state index is 12.3. The van der Waals surface area contributed by atoms with Gasteiger partial charge in [0.25, 0.3) is 0 Å². The Hall–Kier alpha value is -2.04. The summed E-state index contributed by atoms with van der Waals surface area (Å²) in [5, 5.41) is 2.81. The van der Waals surface area contributed by atoms with Crippen molar-refractivity contribution >= 4 is 23.2 Å². The van der Waals surface area contributed by atoms with E-state index < -0.39 is 0 Å². The van der Waals surface area contributed by atoms with E-state index >= 15 is 0 Å². The highest BCUT2D eigenvalue weighted by molar-refractivity contribution is 5.96. The van der Waals surface area contributed by atoms with E-state index in [2.05, 4.69) is 29.3 Å². The molecular formula is C19H27N3O2. The van der Waals surface area contributed by atoms with Crippen LogP contribution in [-0.4, -0.2) is 38.0 Å². The van der Waals surface area contributed by atoms with Crippen molar-refractivity contribution in [2.24, 2.45) is 11.8 Å². The Morgan fingerprint density at radius 1 is 1.21 bits per heavy atom. The molecule has 2 aliphatic rings. The zero-order valence-electron chi connectivity index (χ0n) is 14.6. The van der Waals surface area contributed by atoms with Crippen molar-refractivity contribution in [3.05, 3.63) is 24.3 Å². The number of carbonyl (C=O) groups excluding carboxylic acids is 2. The molecule has 0 aromatic heterocycles. The SMILES string of the molecule is CC(=O)NCC1CC(=O)N(c2ccc(N3CCCC(C)C3)cc2)C1. The lowest BCUT2D eigenvalue weighted by molar-refractivity contribution is -0.120. The van der Waals surface area contributed by atoms with Gasteiger partial charge in [-0.2, -0.15) is 0 Å². The van der Waals surface area contributed by atoms with Crippen molar-refractivity contribution < 1.29 is 9.59 Å². The first kappa shape index (κ1) is 16.8. The molecule has 2 fully saturated rings. The van der Waals surface area contributed by atoms with Gasteiger partial charge in [-0.1, -0.05) is 6.92 Å². The van der Waals surface area contributed by atoms with Crippen LogP contribution in [-0.2, 0) is 9.59 Å². The van der Waals surface area contributed by atoms with Crippen molar-refractivity contribution in [2.75, 3.05) is 36.0 Å². The smallest absolute Gasteiger partial charge is 0.227 e. The number of carbonyl (C=O) groups is 2. The molecule has 0 bridgehead atoms. The van der Waals surface area contributed by atoms with E-state index in [1.807, 2.05) is 17.0 Å². The van der Waals surface area contributed by atoms with E-state index in [1.165, 1.54) is 25.5 Å². The highest BCUT2D eigenvalue weighted by atomic mass is 16.2. The van der Waals surface area contributed by atoms with Gasteiger partial charge in [-0.05, 0) is 43.0 Å². The number of hydrogen-bond donors (Lipinski definition) is 1. The largest absolute Gasteiger partial charge is 0.371 e. The molecule has 2 aliphatic heterocycles. The number of amides is 2. The van der Waals surface area contributed by atoms with E-state index in [0.717, 1.165) is 24.7 Å². The number of rotatable bonds is 4. The topological polar surface area (TPSA) is 52.7 Å². The quantitative estimate of drug-likeness (QED) is 0.923. The molecule has 1 aromatic rings. The Morgan fingerprint density at radius 2 is 1.92 bits per heavy atom. The van der Waals surface area contributed by atoms with Gasteiger partial charge < -0.3 is 15.1 Å². The van der Waals surface area contributed by atoms with E-state index in [4.69, 9.17) is 0 Å². The maximum Gasteiger partial charge on any atom is 0.227 e. The Kier molecular flexibility index (Phi) is 5.07. The van der Waals surface area contributed by atoms with Crippen molar-refractivity contribution in [1.82, 2.24) is 5.32 Å². The summed E-state index contributed by atoms with van der Waals surface area (Å²) in [6.45, 7) is 7.29. The molecule has 0 aliphatic carbocycles. The lowest BCUT2D eigenvalue weighted by atomic mass is 10.00. The molecule has 2 atom stereocenters. The second-order valence-corrected chi connectivity index (χ2v) is 7.22. The number of benzene rings is 1. The number of hydrogen-bond acceptors (Lipinski definition) is 3. The molecule has 0 radical (unpaired) electrons. The van der Waals surface area contributed by atoms with Gasteiger partial charge in [-0.3, -0.25) is 9.59 Å². The minimum absolute atomic E-state index is 0.0407. The monoisotopic (exact) mass is 329 g/mol. The van der Waals surface area contributed by atoms with Crippen molar-refractivity contribution in [2.45, 2.75) is 33.1 Å². The van der Waals surface area contributed by atoms with Crippen LogP contribution < -0.4 is 15.1 Å². The summed E-state index contributed by atoms with van der Waals surface area (Å²) in [7, 11) is 0. The van der Waals surface area contributed by atoms with Crippen LogP contribution in [0.2, 0.25) is 0 Å². The molecule has 1 aromatic carbocycles. The third-order valence-electron chi connectivity index (χ3n) is 5.03. The van der Waals surface area contributed by atoms with Crippen LogP contribution in [0.15, 0.2) is 24.3 Å². The molecular weight excluding hydrogens is 302 g/mol. The third-order valence-corrected chi connectivity index (χ3v) is 5.03. The minimum Gasteiger partial charge on any atom is -0.371 e. The fraction of sp³-hybridized carbons (Fsp3) is 0.579. The van der Waals surface area contributed by atoms with Crippen LogP contribution in [0, 0.1) is 11.8 Å². The summed E-state index contributed by atoms with van der Waals surface area (Å²) < 4.78 is 0. The van der Waals surface area contributed by atoms with Gasteiger partial charge >= 0.3 is 0 Å². The van der Waals surface area contributed by atoms with E-state index in [9.17, 15) is 9.59 Å². The molecule has 2 saturated heterocycles. The van der Waals surface area contributed by atoms with Gasteiger partial charge in [0.1, 0.15) is 0 Å². The molecule has 5 nitrogen and oxygen atoms in total. The average Bonchev–Trinajstić information content (AvgIpc) is 2.94. The molecule has 24 heavy (non-hydrogen) atoms. The normalized spacial score (nSPS) is 24.3. The summed E-state index contributed by atoms with van der Waals surface area (Å²) in [6.07, 6.45) is 3.07. The molecule has 2 heterocycles. The third kappa shape index (κ3) is 3.89. The zero-order valence-corrected chi connectivity index (χ0v) is 14.6. The number of anilines is 2. The number of piperidine rings is 1. The van der Waals surface area contributed by atoms with Crippen molar-refractivity contribution in [3.63, 3.8) is 0 Å². The second-order valence-electron chi connectivity index (χ2n) is 7.22. The molecule has 0 spiro atoms. The summed E-state index contributed by atoms with van der Waals surface area (Å²) >= 11 is 0. The fourth-order valence-electron chi connectivity index (χ4n) is 3.72. The number of nitrogens with one attached hydrogen (secondary N) is 1. The molecule has 5 heteroatoms. The summed E-state index contributed by atoms with van der Waals surface area (Å²) in [5.74, 6) is 1.04. The van der Waals surface area contributed by atoms with Gasteiger partial charge in [-0.25, -0.2) is 0 Å². The summed E-state index contributed by atoms with van der Waals surface area (Å²) in [6, 6.07) is 8.35. The highest BCUT2D eigenvalue weighted by Crippen LogP contribution is 2.28. The van der Waals surface area contributed by atoms with Crippen LogP contribution in [0.5, 0.6) is 0 Å². The molecule has 2 unspecified atom stereocenters. The highest BCUT2D eigenvalue weighted by Gasteiger charge is 2.30. The van der Waals surface area contributed by atoms with E-state index in [1.54, 1.807) is 0 Å². The van der Waals surface area contributed by atoms with Crippen LogP contribution in [0.4, 0.5) is 11.4 Å². The Balaban J connectivity index is 1.63. The molecule has 2 amide bonds. The predicted molar refractivity (Wildman–Crippen MR) is 96.2 cm³/mol. The first-order valence-corrected chi connectivity index (χ1v) is 8.92. The maximum atomic E-state index is 12.3. The molecule has 130 valence electrons. The predicted octanol–water partition coefficient (Wildman–Crippen LogP) is 2.41. The van der Waals surface area contributed by atoms with Crippen LogP contribution >= 0.6 is 0 Å². The standard InChI is InChI=1S/C19H27N3O2/c1-14-4-3-9-21(12-14)17-5-7-18(8-6-17)22-13-16(10-19(22)24)11-20-15(2)23/h5-8,14,16H,3-4,9-13H2,1-2H3,(H,20,23). The van der Waals surface area contributed by atoms with Gasteiger partial charge in [0.15, 0.2) is 0 Å². The Bertz CT molecular complexity index is 599. The van der Waals surface area contributed by atoms with Crippen molar-refractivity contribution in [3.8, 4) is 0 Å². The number of nitrogens with zero attached hydrogens (tertiary/aromatic N) is 2. The van der Waals surface area contributed by atoms with Crippen LogP contribution in [0.3, 0.4) is 0 Å². The van der Waals surface area contributed by atoms with Gasteiger partial charge in [0.2, 0.25) is 11.8 Å². The molecule has 1 N–H and O–H groups in total.